The summed E-state index contributed by atoms with van der Waals surface area (Å²) in [4.78, 5) is 0. The minimum absolute atomic E-state index is 0.540. The molecule has 1 fully saturated rings. The molecule has 2 heteroatoms. The summed E-state index contributed by atoms with van der Waals surface area (Å²) in [6.07, 6.45) is 11.0. The summed E-state index contributed by atoms with van der Waals surface area (Å²) in [6, 6.07) is 15.1. The zero-order valence-corrected chi connectivity index (χ0v) is 17.4. The van der Waals surface area contributed by atoms with Crippen LogP contribution in [0.4, 0.5) is 0 Å². The number of hydrogen-bond donors (Lipinski definition) is 0. The number of aryl methyl sites for hydroxylation is 1. The molecule has 2 aromatic rings. The molecule has 0 atom stereocenters. The fourth-order valence-corrected chi connectivity index (χ4v) is 4.78. The lowest BCUT2D eigenvalue weighted by Gasteiger charge is -2.29. The van der Waals surface area contributed by atoms with Crippen LogP contribution in [0.5, 0.6) is 0 Å². The second-order valence-corrected chi connectivity index (χ2v) is 8.50. The molecular formula is C25H30ClN. The van der Waals surface area contributed by atoms with Crippen molar-refractivity contribution in [3.05, 3.63) is 58.1 Å². The first-order chi connectivity index (χ1) is 13.1. The van der Waals surface area contributed by atoms with Crippen LogP contribution in [0.15, 0.2) is 36.4 Å². The third-order valence-corrected chi connectivity index (χ3v) is 6.48. The molecule has 1 saturated carbocycles. The van der Waals surface area contributed by atoms with E-state index in [-0.39, 0.29) is 0 Å². The average molecular weight is 380 g/mol. The Morgan fingerprint density at radius 2 is 1.70 bits per heavy atom. The molecule has 1 aliphatic carbocycles. The average Bonchev–Trinajstić information content (AvgIpc) is 2.69. The molecule has 142 valence electrons. The molecule has 0 heterocycles. The molecule has 1 nitrogen and oxygen atoms in total. The van der Waals surface area contributed by atoms with Gasteiger partial charge in [0.2, 0.25) is 0 Å². The standard InChI is InChI=1S/C25H30ClN/c1-3-4-5-6-19-7-9-20(10-8-19)21-11-13-22(14-12-21)23-15-18(2)24(17-27)25(26)16-23/h11-16,19-20H,3-10H2,1-2H3. The molecule has 3 rings (SSSR count). The van der Waals surface area contributed by atoms with Gasteiger partial charge < -0.3 is 0 Å². The van der Waals surface area contributed by atoms with Gasteiger partial charge in [-0.25, -0.2) is 0 Å². The third kappa shape index (κ3) is 4.94. The highest BCUT2D eigenvalue weighted by molar-refractivity contribution is 6.32. The lowest BCUT2D eigenvalue weighted by Crippen LogP contribution is -2.13. The van der Waals surface area contributed by atoms with Gasteiger partial charge in [0.1, 0.15) is 6.07 Å². The van der Waals surface area contributed by atoms with Crippen LogP contribution in [-0.4, -0.2) is 0 Å². The fraction of sp³-hybridized carbons (Fsp3) is 0.480. The van der Waals surface area contributed by atoms with Gasteiger partial charge in [0.15, 0.2) is 0 Å². The van der Waals surface area contributed by atoms with Gasteiger partial charge >= 0.3 is 0 Å². The molecule has 0 amide bonds. The molecule has 0 bridgehead atoms. The van der Waals surface area contributed by atoms with Crippen molar-refractivity contribution in [2.75, 3.05) is 0 Å². The first-order valence-electron chi connectivity index (χ1n) is 10.4. The largest absolute Gasteiger partial charge is 0.192 e. The van der Waals surface area contributed by atoms with E-state index in [4.69, 9.17) is 11.6 Å². The number of nitrogens with zero attached hydrogens (tertiary/aromatic N) is 1. The van der Waals surface area contributed by atoms with Crippen molar-refractivity contribution in [2.45, 2.75) is 71.1 Å². The fourth-order valence-electron chi connectivity index (χ4n) is 4.47. The maximum atomic E-state index is 9.19. The van der Waals surface area contributed by atoms with Gasteiger partial charge in [-0.1, -0.05) is 74.5 Å². The van der Waals surface area contributed by atoms with Gasteiger partial charge in [0, 0.05) is 0 Å². The summed E-state index contributed by atoms with van der Waals surface area (Å²) in [6.45, 7) is 4.23. The molecule has 0 spiro atoms. The number of unbranched alkanes of at least 4 members (excludes halogenated alkanes) is 2. The Balaban J connectivity index is 1.64. The number of benzene rings is 2. The normalized spacial score (nSPS) is 19.6. The molecule has 2 aromatic carbocycles. The molecule has 0 aliphatic heterocycles. The van der Waals surface area contributed by atoms with E-state index < -0.39 is 0 Å². The monoisotopic (exact) mass is 379 g/mol. The van der Waals surface area contributed by atoms with Crippen molar-refractivity contribution in [1.82, 2.24) is 0 Å². The Morgan fingerprint density at radius 1 is 1.00 bits per heavy atom. The van der Waals surface area contributed by atoms with E-state index >= 15 is 0 Å². The Morgan fingerprint density at radius 3 is 2.30 bits per heavy atom. The highest BCUT2D eigenvalue weighted by Gasteiger charge is 2.22. The minimum Gasteiger partial charge on any atom is -0.192 e. The number of halogens is 1. The van der Waals surface area contributed by atoms with Crippen molar-refractivity contribution in [2.24, 2.45) is 5.92 Å². The number of hydrogen-bond acceptors (Lipinski definition) is 1. The van der Waals surface area contributed by atoms with Crippen LogP contribution in [0.2, 0.25) is 5.02 Å². The molecule has 0 aromatic heterocycles. The van der Waals surface area contributed by atoms with Crippen LogP contribution in [0, 0.1) is 24.2 Å². The predicted molar refractivity (Wildman–Crippen MR) is 115 cm³/mol. The van der Waals surface area contributed by atoms with Crippen molar-refractivity contribution in [1.29, 1.82) is 5.26 Å². The SMILES string of the molecule is CCCCCC1CCC(c2ccc(-c3cc(C)c(C#N)c(Cl)c3)cc2)CC1. The summed E-state index contributed by atoms with van der Waals surface area (Å²) in [5.41, 5.74) is 5.24. The summed E-state index contributed by atoms with van der Waals surface area (Å²) in [7, 11) is 0. The van der Waals surface area contributed by atoms with Crippen molar-refractivity contribution < 1.29 is 0 Å². The summed E-state index contributed by atoms with van der Waals surface area (Å²) in [5, 5.41) is 9.73. The van der Waals surface area contributed by atoms with E-state index in [1.165, 1.54) is 62.5 Å². The Bertz CT molecular complexity index is 769. The first kappa shape index (κ1) is 20.0. The quantitative estimate of drug-likeness (QED) is 0.465. The lowest BCUT2D eigenvalue weighted by atomic mass is 9.77. The van der Waals surface area contributed by atoms with Crippen LogP contribution in [0.1, 0.15) is 80.9 Å². The maximum absolute atomic E-state index is 9.19. The molecule has 1 aliphatic rings. The predicted octanol–water partition coefficient (Wildman–Crippen LogP) is 8.04. The number of nitriles is 1. The second-order valence-electron chi connectivity index (χ2n) is 8.10. The van der Waals surface area contributed by atoms with E-state index in [1.807, 2.05) is 13.0 Å². The molecule has 0 N–H and O–H groups in total. The van der Waals surface area contributed by atoms with Gasteiger partial charge in [-0.15, -0.1) is 0 Å². The van der Waals surface area contributed by atoms with Crippen molar-refractivity contribution >= 4 is 11.6 Å². The van der Waals surface area contributed by atoms with Gasteiger partial charge in [0.05, 0.1) is 10.6 Å². The first-order valence-corrected chi connectivity index (χ1v) is 10.8. The van der Waals surface area contributed by atoms with E-state index in [9.17, 15) is 5.26 Å². The molecule has 0 saturated heterocycles. The van der Waals surface area contributed by atoms with Crippen LogP contribution < -0.4 is 0 Å². The van der Waals surface area contributed by atoms with Crippen LogP contribution in [0.25, 0.3) is 11.1 Å². The summed E-state index contributed by atoms with van der Waals surface area (Å²) < 4.78 is 0. The van der Waals surface area contributed by atoms with Crippen LogP contribution in [0.3, 0.4) is 0 Å². The van der Waals surface area contributed by atoms with Gasteiger partial charge in [0.25, 0.3) is 0 Å². The Labute approximate surface area is 169 Å². The van der Waals surface area contributed by atoms with E-state index in [0.717, 1.165) is 17.0 Å². The zero-order chi connectivity index (χ0) is 19.2. The van der Waals surface area contributed by atoms with E-state index in [0.29, 0.717) is 16.5 Å². The molecular weight excluding hydrogens is 350 g/mol. The highest BCUT2D eigenvalue weighted by atomic mass is 35.5. The van der Waals surface area contributed by atoms with Gasteiger partial charge in [-0.3, -0.25) is 0 Å². The third-order valence-electron chi connectivity index (χ3n) is 6.18. The highest BCUT2D eigenvalue weighted by Crippen LogP contribution is 2.38. The molecule has 27 heavy (non-hydrogen) atoms. The lowest BCUT2D eigenvalue weighted by molar-refractivity contribution is 0.303. The summed E-state index contributed by atoms with van der Waals surface area (Å²) >= 11 is 6.27. The van der Waals surface area contributed by atoms with Crippen molar-refractivity contribution in [3.63, 3.8) is 0 Å². The summed E-state index contributed by atoms with van der Waals surface area (Å²) in [5.74, 6) is 1.67. The Kier molecular flexibility index (Phi) is 6.97. The smallest absolute Gasteiger partial charge is 0.101 e. The van der Waals surface area contributed by atoms with Gasteiger partial charge in [-0.05, 0) is 72.8 Å². The topological polar surface area (TPSA) is 23.8 Å². The zero-order valence-electron chi connectivity index (χ0n) is 16.6. The van der Waals surface area contributed by atoms with Gasteiger partial charge in [-0.2, -0.15) is 5.26 Å². The molecule has 0 radical (unpaired) electrons. The van der Waals surface area contributed by atoms with E-state index in [2.05, 4.69) is 43.3 Å². The van der Waals surface area contributed by atoms with Crippen molar-refractivity contribution in [3.8, 4) is 17.2 Å². The molecule has 0 unspecified atom stereocenters. The minimum atomic E-state index is 0.540. The maximum Gasteiger partial charge on any atom is 0.101 e. The van der Waals surface area contributed by atoms with E-state index in [1.54, 1.807) is 0 Å². The second kappa shape index (κ2) is 9.43. The number of rotatable bonds is 6. The van der Waals surface area contributed by atoms with Crippen LogP contribution in [-0.2, 0) is 0 Å². The van der Waals surface area contributed by atoms with Crippen LogP contribution >= 0.6 is 11.6 Å². The Hall–Kier alpha value is -1.78.